The highest BCUT2D eigenvalue weighted by Gasteiger charge is 2.28. The first-order chi connectivity index (χ1) is 40.5. The zero-order chi connectivity index (χ0) is 62.2. The Labute approximate surface area is 514 Å². The third kappa shape index (κ3) is 53.6. The van der Waals surface area contributed by atoms with Crippen molar-refractivity contribution in [1.29, 1.82) is 0 Å². The average Bonchev–Trinajstić information content (AvgIpc) is 3.44. The molecule has 0 rings (SSSR count). The molecule has 0 unspecified atom stereocenters. The lowest BCUT2D eigenvalue weighted by atomic mass is 10.0. The molecule has 0 heterocycles. The molecule has 17 heteroatoms. The number of allylic oxidation sites excluding steroid dienone is 1. The molecule has 0 bridgehead atoms. The summed E-state index contributed by atoms with van der Waals surface area (Å²) in [6.45, 7) is 24.2. The molecule has 0 spiro atoms. The van der Waals surface area contributed by atoms with Crippen molar-refractivity contribution < 1.29 is 42.9 Å². The van der Waals surface area contributed by atoms with E-state index in [1.807, 2.05) is 53.7 Å². The zero-order valence-electron chi connectivity index (χ0n) is 55.7. The van der Waals surface area contributed by atoms with E-state index in [-0.39, 0.29) is 25.2 Å². The van der Waals surface area contributed by atoms with Crippen molar-refractivity contribution >= 4 is 30.3 Å². The number of nitrogens with one attached hydrogen (secondary N) is 5. The summed E-state index contributed by atoms with van der Waals surface area (Å²) >= 11 is 0. The summed E-state index contributed by atoms with van der Waals surface area (Å²) in [6.07, 6.45) is 38.6. The normalized spacial score (nSPS) is 12.5. The molecule has 0 fully saturated rings. The Morgan fingerprint density at radius 1 is 0.452 bits per heavy atom. The summed E-state index contributed by atoms with van der Waals surface area (Å²) in [5, 5.41) is 15.7. The molecule has 0 aliphatic heterocycles. The van der Waals surface area contributed by atoms with E-state index < -0.39 is 41.6 Å². The van der Waals surface area contributed by atoms with Crippen molar-refractivity contribution in [2.24, 2.45) is 5.73 Å². The van der Waals surface area contributed by atoms with Crippen LogP contribution in [0.1, 0.15) is 287 Å². The molecular formula is C67H132N8O9. The van der Waals surface area contributed by atoms with Crippen molar-refractivity contribution in [1.82, 2.24) is 36.4 Å². The van der Waals surface area contributed by atoms with Crippen LogP contribution in [-0.4, -0.2) is 142 Å². The summed E-state index contributed by atoms with van der Waals surface area (Å²) in [6, 6.07) is -0.841. The fourth-order valence-electron chi connectivity index (χ4n) is 9.63. The van der Waals surface area contributed by atoms with Crippen LogP contribution >= 0.6 is 0 Å². The van der Waals surface area contributed by atoms with Gasteiger partial charge in [0.05, 0.1) is 0 Å². The zero-order valence-corrected chi connectivity index (χ0v) is 55.7. The highest BCUT2D eigenvalue weighted by Crippen LogP contribution is 2.17. The first-order valence-corrected chi connectivity index (χ1v) is 34.3. The van der Waals surface area contributed by atoms with Gasteiger partial charge in [-0.1, -0.05) is 175 Å². The molecular weight excluding hydrogens is 1060 g/mol. The van der Waals surface area contributed by atoms with Crippen LogP contribution in [0.4, 0.5) is 19.2 Å². The Bertz CT molecular complexity index is 1610. The predicted molar refractivity (Wildman–Crippen MR) is 348 cm³/mol. The first kappa shape index (κ1) is 80.2. The van der Waals surface area contributed by atoms with Crippen LogP contribution in [0.3, 0.4) is 0 Å². The first-order valence-electron chi connectivity index (χ1n) is 34.3. The minimum atomic E-state index is -0.933. The minimum Gasteiger partial charge on any atom is -0.447 e. The molecule has 17 nitrogen and oxygen atoms in total. The van der Waals surface area contributed by atoms with Gasteiger partial charge < -0.3 is 61.1 Å². The molecule has 0 radical (unpaired) electrons. The van der Waals surface area contributed by atoms with Crippen LogP contribution in [0.5, 0.6) is 0 Å². The lowest BCUT2D eigenvalue weighted by molar-refractivity contribution is -0.123. The number of amides is 5. The van der Waals surface area contributed by atoms with Gasteiger partial charge in [0.25, 0.3) is 0 Å². The Morgan fingerprint density at radius 3 is 1.33 bits per heavy atom. The molecule has 0 aromatic carbocycles. The van der Waals surface area contributed by atoms with Crippen LogP contribution in [0, 0.1) is 0 Å². The Balaban J connectivity index is 6.00. The van der Waals surface area contributed by atoms with E-state index in [0.717, 1.165) is 110 Å². The van der Waals surface area contributed by atoms with Gasteiger partial charge in [-0.25, -0.2) is 19.2 Å². The third-order valence-corrected chi connectivity index (χ3v) is 14.6. The van der Waals surface area contributed by atoms with Crippen molar-refractivity contribution in [3.8, 4) is 0 Å². The summed E-state index contributed by atoms with van der Waals surface area (Å²) < 4.78 is 23.4. The fraction of sp³-hybridized carbons (Fsp3) is 0.896. The van der Waals surface area contributed by atoms with Gasteiger partial charge in [0.2, 0.25) is 5.91 Å². The van der Waals surface area contributed by atoms with E-state index >= 15 is 0 Å². The highest BCUT2D eigenvalue weighted by molar-refractivity contribution is 5.76. The molecule has 84 heavy (non-hydrogen) atoms. The summed E-state index contributed by atoms with van der Waals surface area (Å²) in [4.78, 5) is 70.5. The summed E-state index contributed by atoms with van der Waals surface area (Å²) in [5.74, 6) is -0.182. The fourth-order valence-corrected chi connectivity index (χ4v) is 9.63. The largest absolute Gasteiger partial charge is 0.447 e. The minimum absolute atomic E-state index is 0.182. The number of unbranched alkanes of at least 4 members (excludes halogenated alkanes) is 26. The molecule has 0 aliphatic rings. The maximum absolute atomic E-state index is 13.8. The van der Waals surface area contributed by atoms with Crippen molar-refractivity contribution in [2.45, 2.75) is 310 Å². The predicted octanol–water partition coefficient (Wildman–Crippen LogP) is 15.2. The van der Waals surface area contributed by atoms with Crippen LogP contribution in [0.2, 0.25) is 0 Å². The molecule has 0 aromatic heterocycles. The molecule has 7 N–H and O–H groups in total. The van der Waals surface area contributed by atoms with E-state index in [1.165, 1.54) is 116 Å². The molecule has 494 valence electrons. The van der Waals surface area contributed by atoms with Gasteiger partial charge in [-0.05, 0) is 151 Å². The Hall–Kier alpha value is -3.83. The van der Waals surface area contributed by atoms with Gasteiger partial charge >= 0.3 is 24.4 Å². The number of hydrogen-bond acceptors (Lipinski definition) is 12. The van der Waals surface area contributed by atoms with Crippen LogP contribution in [0.25, 0.3) is 0 Å². The van der Waals surface area contributed by atoms with Crippen molar-refractivity contribution in [3.63, 3.8) is 0 Å². The number of nitrogens with zero attached hydrogens (tertiary/aromatic N) is 2. The molecule has 2 atom stereocenters. The number of ether oxygens (including phenoxy) is 4. The SMILES string of the molecule is CCCCCCCCCCCCC/C=C/[C@@H](OC(=O)NCCCN(CCCCN(CCCC)C(=O)OC(C)(C)C)C(=O)OC(C)(C)C)[C@H](COC(=O)NCCCNCCCCNCCCN)NC(=O)CCCCCCCCCCCCCCC. The lowest BCUT2D eigenvalue weighted by Gasteiger charge is -2.29. The second-order valence-electron chi connectivity index (χ2n) is 25.3. The number of nitrogens with two attached hydrogens (primary N) is 1. The van der Waals surface area contributed by atoms with Gasteiger partial charge in [-0.15, -0.1) is 0 Å². The molecule has 0 saturated carbocycles. The van der Waals surface area contributed by atoms with E-state index in [9.17, 15) is 24.0 Å². The average molecular weight is 1190 g/mol. The number of carbonyl (C=O) groups is 5. The molecule has 0 aromatic rings. The molecule has 0 aliphatic carbocycles. The van der Waals surface area contributed by atoms with Crippen LogP contribution < -0.4 is 32.3 Å². The number of rotatable bonds is 56. The second-order valence-corrected chi connectivity index (χ2v) is 25.3. The van der Waals surface area contributed by atoms with Gasteiger partial charge in [-0.2, -0.15) is 0 Å². The van der Waals surface area contributed by atoms with Crippen molar-refractivity contribution in [2.75, 3.05) is 78.6 Å². The second kappa shape index (κ2) is 55.7. The quantitative estimate of drug-likeness (QED) is 0.0191. The standard InChI is InChI=1S/C67H132N8O9/c1-10-13-16-18-20-22-24-26-28-30-32-34-36-45-60(82-63(78)72-53-44-57-75(65(80)84-67(7,8)9)56-41-40-55-74(54-15-12-3)64(79)83-66(4,5)6)59(58-81-62(77)71-52-43-51-70-49-39-38-48-69-50-42-47-68)73-61(76)46-37-35-33-31-29-27-25-23-21-19-17-14-11-2/h36,45,59-60,69-70H,10-35,37-44,46-58,68H2,1-9H3,(H,71,77)(H,72,78)(H,73,76)/b45-36+/t59-,60+/m0/s1. The van der Waals surface area contributed by atoms with Crippen molar-refractivity contribution in [3.05, 3.63) is 12.2 Å². The number of hydrogen-bond donors (Lipinski definition) is 6. The molecule has 5 amide bonds. The Morgan fingerprint density at radius 2 is 0.857 bits per heavy atom. The molecule has 0 saturated heterocycles. The highest BCUT2D eigenvalue weighted by atomic mass is 16.6. The topological polar surface area (TPSA) is 215 Å². The smallest absolute Gasteiger partial charge is 0.410 e. The Kier molecular flexibility index (Phi) is 53.2. The van der Waals surface area contributed by atoms with Gasteiger partial charge in [0.15, 0.2) is 0 Å². The van der Waals surface area contributed by atoms with Crippen LogP contribution in [-0.2, 0) is 23.7 Å². The lowest BCUT2D eigenvalue weighted by Crippen LogP contribution is -2.49. The maximum atomic E-state index is 13.8. The number of alkyl carbamates (subject to hydrolysis) is 2. The summed E-state index contributed by atoms with van der Waals surface area (Å²) in [7, 11) is 0. The monoisotopic (exact) mass is 1190 g/mol. The maximum Gasteiger partial charge on any atom is 0.410 e. The van der Waals surface area contributed by atoms with Gasteiger partial charge in [-0.3, -0.25) is 4.79 Å². The summed E-state index contributed by atoms with van der Waals surface area (Å²) in [5.41, 5.74) is 4.27. The van der Waals surface area contributed by atoms with Crippen LogP contribution in [0.15, 0.2) is 12.2 Å². The van der Waals surface area contributed by atoms with Gasteiger partial charge in [0.1, 0.15) is 30.0 Å². The number of carbonyl (C=O) groups excluding carboxylic acids is 5. The van der Waals surface area contributed by atoms with Gasteiger partial charge in [0, 0.05) is 45.7 Å². The van der Waals surface area contributed by atoms with E-state index in [4.69, 9.17) is 24.7 Å². The third-order valence-electron chi connectivity index (χ3n) is 14.6. The van der Waals surface area contributed by atoms with E-state index in [0.29, 0.717) is 65.0 Å². The van der Waals surface area contributed by atoms with E-state index in [1.54, 1.807) is 9.80 Å². The van der Waals surface area contributed by atoms with E-state index in [2.05, 4.69) is 47.4 Å².